The Morgan fingerprint density at radius 3 is 2.52 bits per heavy atom. The summed E-state index contributed by atoms with van der Waals surface area (Å²) in [4.78, 5) is 11.0. The Kier molecular flexibility index (Phi) is 6.22. The van der Waals surface area contributed by atoms with Crippen LogP contribution in [0.2, 0.25) is 0 Å². The number of hydrogen-bond donors (Lipinski definition) is 0. The lowest BCUT2D eigenvalue weighted by molar-refractivity contribution is 0.107. The summed E-state index contributed by atoms with van der Waals surface area (Å²) in [6, 6.07) is 4.88. The van der Waals surface area contributed by atoms with E-state index in [4.69, 9.17) is 11.6 Å². The molecule has 0 N–H and O–H groups in total. The number of carbonyl (C=O) groups excluding carboxylic acids is 1. The minimum atomic E-state index is -0.723. The second-order valence-corrected chi connectivity index (χ2v) is 6.57. The molecule has 21 heavy (non-hydrogen) atoms. The Hall–Kier alpha value is -0.890. The molecule has 1 aliphatic carbocycles. The van der Waals surface area contributed by atoms with Crippen molar-refractivity contribution in [1.82, 2.24) is 0 Å². The van der Waals surface area contributed by atoms with Gasteiger partial charge in [0.05, 0.1) is 5.56 Å². The molecule has 1 aromatic rings. The number of carbonyl (C=O) groups is 1. The molecule has 0 spiro atoms. The van der Waals surface area contributed by atoms with Gasteiger partial charge in [-0.1, -0.05) is 38.7 Å². The molecule has 1 saturated carbocycles. The highest BCUT2D eigenvalue weighted by Gasteiger charge is 2.23. The third kappa shape index (κ3) is 4.54. The van der Waals surface area contributed by atoms with E-state index in [1.807, 2.05) is 6.07 Å². The van der Waals surface area contributed by atoms with Gasteiger partial charge in [-0.25, -0.2) is 4.39 Å². The van der Waals surface area contributed by atoms with Gasteiger partial charge in [0.1, 0.15) is 5.82 Å². The fraction of sp³-hybridized carbons (Fsp3) is 0.611. The molecule has 0 radical (unpaired) electrons. The van der Waals surface area contributed by atoms with E-state index in [2.05, 4.69) is 6.92 Å². The lowest BCUT2D eigenvalue weighted by Crippen LogP contribution is -2.13. The van der Waals surface area contributed by atoms with Gasteiger partial charge in [0.25, 0.3) is 5.24 Å². The van der Waals surface area contributed by atoms with Crippen molar-refractivity contribution in [3.05, 3.63) is 35.1 Å². The van der Waals surface area contributed by atoms with Crippen LogP contribution in [0.25, 0.3) is 0 Å². The fourth-order valence-electron chi connectivity index (χ4n) is 3.41. The molecule has 3 heteroatoms. The molecule has 0 saturated heterocycles. The molecule has 0 aliphatic heterocycles. The van der Waals surface area contributed by atoms with Crippen LogP contribution in [0.15, 0.2) is 18.2 Å². The lowest BCUT2D eigenvalue weighted by atomic mass is 9.77. The molecule has 0 atom stereocenters. The first-order valence-corrected chi connectivity index (χ1v) is 8.49. The standard InChI is InChI=1S/C18H24ClFO/c1-2-3-4-5-13-6-8-14(9-7-13)15-10-11-16(18(19)21)17(20)12-15/h10-14H,2-9H2,1H3. The van der Waals surface area contributed by atoms with Crippen LogP contribution in [-0.2, 0) is 0 Å². The first-order chi connectivity index (χ1) is 10.1. The first-order valence-electron chi connectivity index (χ1n) is 8.11. The summed E-state index contributed by atoms with van der Waals surface area (Å²) in [6.07, 6.45) is 10.0. The zero-order valence-electron chi connectivity index (χ0n) is 12.7. The van der Waals surface area contributed by atoms with Crippen molar-refractivity contribution < 1.29 is 9.18 Å². The van der Waals surface area contributed by atoms with Crippen molar-refractivity contribution >= 4 is 16.8 Å². The maximum atomic E-state index is 13.8. The van der Waals surface area contributed by atoms with Crippen molar-refractivity contribution in [3.8, 4) is 0 Å². The Balaban J connectivity index is 1.90. The number of rotatable bonds is 6. The highest BCUT2D eigenvalue weighted by atomic mass is 35.5. The first kappa shape index (κ1) is 16.5. The molecule has 2 rings (SSSR count). The smallest absolute Gasteiger partial charge is 0.255 e. The van der Waals surface area contributed by atoms with Crippen LogP contribution in [0.3, 0.4) is 0 Å². The molecule has 1 nitrogen and oxygen atoms in total. The van der Waals surface area contributed by atoms with Crippen molar-refractivity contribution in [2.45, 2.75) is 64.2 Å². The van der Waals surface area contributed by atoms with Crippen LogP contribution in [0, 0.1) is 11.7 Å². The zero-order chi connectivity index (χ0) is 15.2. The minimum absolute atomic E-state index is 0.0198. The fourth-order valence-corrected chi connectivity index (χ4v) is 3.57. The van der Waals surface area contributed by atoms with E-state index in [1.165, 1.54) is 50.7 Å². The Morgan fingerprint density at radius 1 is 1.24 bits per heavy atom. The molecule has 1 fully saturated rings. The van der Waals surface area contributed by atoms with Gasteiger partial charge >= 0.3 is 0 Å². The molecule has 1 aromatic carbocycles. The highest BCUT2D eigenvalue weighted by molar-refractivity contribution is 6.67. The predicted octanol–water partition coefficient (Wildman–Crippen LogP) is 6.06. The summed E-state index contributed by atoms with van der Waals surface area (Å²) < 4.78 is 13.8. The van der Waals surface area contributed by atoms with Crippen LogP contribution < -0.4 is 0 Å². The maximum Gasteiger partial charge on any atom is 0.255 e. The van der Waals surface area contributed by atoms with Crippen LogP contribution >= 0.6 is 11.6 Å². The van der Waals surface area contributed by atoms with E-state index >= 15 is 0 Å². The molecule has 1 aliphatic rings. The molecule has 0 bridgehead atoms. The molecule has 116 valence electrons. The van der Waals surface area contributed by atoms with E-state index in [0.29, 0.717) is 5.92 Å². The molecule has 0 unspecified atom stereocenters. The molecule has 0 amide bonds. The van der Waals surface area contributed by atoms with Gasteiger partial charge < -0.3 is 0 Å². The minimum Gasteiger partial charge on any atom is -0.275 e. The average Bonchev–Trinajstić information content (AvgIpc) is 2.48. The zero-order valence-corrected chi connectivity index (χ0v) is 13.5. The molecular weight excluding hydrogens is 287 g/mol. The third-order valence-corrected chi connectivity index (χ3v) is 4.94. The summed E-state index contributed by atoms with van der Waals surface area (Å²) in [6.45, 7) is 2.24. The monoisotopic (exact) mass is 310 g/mol. The van der Waals surface area contributed by atoms with Gasteiger partial charge in [-0.05, 0) is 66.8 Å². The van der Waals surface area contributed by atoms with Crippen LogP contribution in [0.4, 0.5) is 4.39 Å². The van der Waals surface area contributed by atoms with Gasteiger partial charge in [0, 0.05) is 0 Å². The summed E-state index contributed by atoms with van der Waals surface area (Å²) in [5.41, 5.74) is 0.995. The second-order valence-electron chi connectivity index (χ2n) is 6.23. The van der Waals surface area contributed by atoms with Crippen molar-refractivity contribution in [3.63, 3.8) is 0 Å². The number of hydrogen-bond acceptors (Lipinski definition) is 1. The molecular formula is C18H24ClFO. The second kappa shape index (κ2) is 7.93. The number of halogens is 2. The average molecular weight is 311 g/mol. The lowest BCUT2D eigenvalue weighted by Gasteiger charge is -2.29. The van der Waals surface area contributed by atoms with Crippen molar-refractivity contribution in [2.24, 2.45) is 5.92 Å². The Bertz CT molecular complexity index is 478. The van der Waals surface area contributed by atoms with Gasteiger partial charge in [-0.15, -0.1) is 0 Å². The van der Waals surface area contributed by atoms with Gasteiger partial charge in [0.15, 0.2) is 0 Å². The van der Waals surface area contributed by atoms with Crippen molar-refractivity contribution in [1.29, 1.82) is 0 Å². The normalized spacial score (nSPS) is 22.2. The van der Waals surface area contributed by atoms with E-state index in [-0.39, 0.29) is 5.56 Å². The van der Waals surface area contributed by atoms with E-state index in [9.17, 15) is 9.18 Å². The van der Waals surface area contributed by atoms with E-state index < -0.39 is 11.1 Å². The van der Waals surface area contributed by atoms with Crippen LogP contribution in [-0.4, -0.2) is 5.24 Å². The summed E-state index contributed by atoms with van der Waals surface area (Å²) >= 11 is 5.35. The van der Waals surface area contributed by atoms with E-state index in [1.54, 1.807) is 0 Å². The van der Waals surface area contributed by atoms with Crippen LogP contribution in [0.5, 0.6) is 0 Å². The van der Waals surface area contributed by atoms with Gasteiger partial charge in [-0.2, -0.15) is 0 Å². The summed E-state index contributed by atoms with van der Waals surface area (Å²) in [7, 11) is 0. The quantitative estimate of drug-likeness (QED) is 0.461. The number of unbranched alkanes of at least 4 members (excludes halogenated alkanes) is 2. The molecule has 0 heterocycles. The topological polar surface area (TPSA) is 17.1 Å². The Labute approximate surface area is 131 Å². The maximum absolute atomic E-state index is 13.8. The third-order valence-electron chi connectivity index (χ3n) is 4.74. The van der Waals surface area contributed by atoms with Gasteiger partial charge in [-0.3, -0.25) is 4.79 Å². The predicted molar refractivity (Wildman–Crippen MR) is 85.4 cm³/mol. The SMILES string of the molecule is CCCCCC1CCC(c2ccc(C(=O)Cl)c(F)c2)CC1. The van der Waals surface area contributed by atoms with E-state index in [0.717, 1.165) is 24.3 Å². The summed E-state index contributed by atoms with van der Waals surface area (Å²) in [5, 5.41) is -0.723. The summed E-state index contributed by atoms with van der Waals surface area (Å²) in [5.74, 6) is 0.792. The number of benzene rings is 1. The van der Waals surface area contributed by atoms with Crippen LogP contribution in [0.1, 0.15) is 80.1 Å². The largest absolute Gasteiger partial charge is 0.275 e. The van der Waals surface area contributed by atoms with Gasteiger partial charge in [0.2, 0.25) is 0 Å². The highest BCUT2D eigenvalue weighted by Crippen LogP contribution is 2.38. The Morgan fingerprint density at radius 2 is 1.95 bits per heavy atom. The molecule has 0 aromatic heterocycles. The van der Waals surface area contributed by atoms with Crippen molar-refractivity contribution in [2.75, 3.05) is 0 Å².